The predicted molar refractivity (Wildman–Crippen MR) is 79.7 cm³/mol. The quantitative estimate of drug-likeness (QED) is 0.783. The van der Waals surface area contributed by atoms with Gasteiger partial charge < -0.3 is 10.6 Å². The normalized spacial score (nSPS) is 12.2. The summed E-state index contributed by atoms with van der Waals surface area (Å²) in [6.07, 6.45) is 1.72. The number of nitrogens with one attached hydrogen (secondary N) is 3. The zero-order valence-electron chi connectivity index (χ0n) is 12.0. The Hall–Kier alpha value is -2.30. The number of aromatic amines is 1. The minimum absolute atomic E-state index is 0.0576. The molecule has 20 heavy (non-hydrogen) atoms. The van der Waals surface area contributed by atoms with Crippen LogP contribution in [0.3, 0.4) is 0 Å². The van der Waals surface area contributed by atoms with Crippen molar-refractivity contribution in [1.82, 2.24) is 15.5 Å². The molecular weight excluding hydrogens is 252 g/mol. The molecule has 0 spiro atoms. The van der Waals surface area contributed by atoms with Crippen molar-refractivity contribution < 1.29 is 4.79 Å². The minimum atomic E-state index is -0.0576. The number of amides is 1. The van der Waals surface area contributed by atoms with Crippen LogP contribution in [0, 0.1) is 0 Å². The summed E-state index contributed by atoms with van der Waals surface area (Å²) >= 11 is 0. The van der Waals surface area contributed by atoms with Crippen LogP contribution in [-0.2, 0) is 0 Å². The molecule has 0 aliphatic heterocycles. The van der Waals surface area contributed by atoms with Gasteiger partial charge in [0.25, 0.3) is 5.91 Å². The van der Waals surface area contributed by atoms with Crippen molar-refractivity contribution in [2.75, 3.05) is 5.32 Å². The number of H-pyrrole nitrogens is 1. The Balaban J connectivity index is 2.08. The van der Waals surface area contributed by atoms with Crippen molar-refractivity contribution in [1.29, 1.82) is 0 Å². The maximum absolute atomic E-state index is 12.0. The molecule has 2 aromatic rings. The van der Waals surface area contributed by atoms with E-state index in [0.29, 0.717) is 5.56 Å². The summed E-state index contributed by atoms with van der Waals surface area (Å²) in [5.74, 6) is -0.0576. The van der Waals surface area contributed by atoms with Crippen molar-refractivity contribution >= 4 is 11.6 Å². The van der Waals surface area contributed by atoms with Crippen LogP contribution in [0.5, 0.6) is 0 Å². The second-order valence-electron chi connectivity index (χ2n) is 5.09. The van der Waals surface area contributed by atoms with E-state index < -0.39 is 0 Å². The lowest BCUT2D eigenvalue weighted by atomic mass is 10.1. The highest BCUT2D eigenvalue weighted by molar-refractivity contribution is 5.95. The standard InChI is InChI=1S/C15H20N4O/c1-10(2)17-15(20)12-5-4-6-13(9-12)18-11(3)14-7-8-16-19-14/h4-11,18H,1-3H3,(H,16,19)(H,17,20). The predicted octanol–water partition coefficient (Wildman–Crippen LogP) is 2.72. The van der Waals surface area contributed by atoms with Gasteiger partial charge in [0.05, 0.1) is 11.7 Å². The SMILES string of the molecule is CC(C)NC(=O)c1cccc(NC(C)c2ccn[nH]2)c1. The summed E-state index contributed by atoms with van der Waals surface area (Å²) < 4.78 is 0. The van der Waals surface area contributed by atoms with Gasteiger partial charge in [0.1, 0.15) is 0 Å². The fourth-order valence-electron chi connectivity index (χ4n) is 1.93. The van der Waals surface area contributed by atoms with Crippen LogP contribution in [-0.4, -0.2) is 22.1 Å². The van der Waals surface area contributed by atoms with E-state index in [9.17, 15) is 4.79 Å². The van der Waals surface area contributed by atoms with Crippen LogP contribution in [0.4, 0.5) is 5.69 Å². The van der Waals surface area contributed by atoms with Crippen LogP contribution < -0.4 is 10.6 Å². The van der Waals surface area contributed by atoms with Crippen molar-refractivity contribution in [2.45, 2.75) is 32.9 Å². The van der Waals surface area contributed by atoms with Crippen molar-refractivity contribution in [2.24, 2.45) is 0 Å². The smallest absolute Gasteiger partial charge is 0.251 e. The van der Waals surface area contributed by atoms with Crippen molar-refractivity contribution in [3.05, 3.63) is 47.8 Å². The molecule has 3 N–H and O–H groups in total. The molecule has 0 bridgehead atoms. The Bertz CT molecular complexity index is 563. The summed E-state index contributed by atoms with van der Waals surface area (Å²) in [6.45, 7) is 5.93. The molecule has 2 rings (SSSR count). The van der Waals surface area contributed by atoms with Gasteiger partial charge in [-0.2, -0.15) is 5.10 Å². The zero-order chi connectivity index (χ0) is 14.5. The monoisotopic (exact) mass is 272 g/mol. The molecule has 1 heterocycles. The number of benzene rings is 1. The third kappa shape index (κ3) is 3.60. The van der Waals surface area contributed by atoms with Crippen LogP contribution >= 0.6 is 0 Å². The highest BCUT2D eigenvalue weighted by Crippen LogP contribution is 2.18. The van der Waals surface area contributed by atoms with Gasteiger partial charge in [-0.25, -0.2) is 0 Å². The molecule has 1 atom stereocenters. The molecule has 5 nitrogen and oxygen atoms in total. The van der Waals surface area contributed by atoms with Gasteiger partial charge >= 0.3 is 0 Å². The third-order valence-corrected chi connectivity index (χ3v) is 2.92. The van der Waals surface area contributed by atoms with Gasteiger partial charge in [0.15, 0.2) is 0 Å². The first-order chi connectivity index (χ1) is 9.56. The molecule has 1 amide bonds. The molecule has 0 saturated heterocycles. The number of hydrogen-bond donors (Lipinski definition) is 3. The fourth-order valence-corrected chi connectivity index (χ4v) is 1.93. The maximum Gasteiger partial charge on any atom is 0.251 e. The number of aromatic nitrogens is 2. The molecule has 106 valence electrons. The van der Waals surface area contributed by atoms with E-state index in [1.165, 1.54) is 0 Å². The molecule has 1 unspecified atom stereocenters. The van der Waals surface area contributed by atoms with Gasteiger partial charge in [-0.05, 0) is 45.0 Å². The first-order valence-electron chi connectivity index (χ1n) is 6.73. The van der Waals surface area contributed by atoms with Gasteiger partial charge in [-0.15, -0.1) is 0 Å². The average molecular weight is 272 g/mol. The second kappa shape index (κ2) is 6.23. The topological polar surface area (TPSA) is 69.8 Å². The molecule has 1 aromatic heterocycles. The first kappa shape index (κ1) is 14.1. The largest absolute Gasteiger partial charge is 0.377 e. The Morgan fingerprint density at radius 3 is 2.70 bits per heavy atom. The van der Waals surface area contributed by atoms with Crippen LogP contribution in [0.15, 0.2) is 36.5 Å². The van der Waals surface area contributed by atoms with Crippen LogP contribution in [0.2, 0.25) is 0 Å². The summed E-state index contributed by atoms with van der Waals surface area (Å²) in [4.78, 5) is 12.0. The van der Waals surface area contributed by atoms with Gasteiger partial charge in [0.2, 0.25) is 0 Å². The highest BCUT2D eigenvalue weighted by atomic mass is 16.1. The number of carbonyl (C=O) groups excluding carboxylic acids is 1. The molecule has 0 radical (unpaired) electrons. The fraction of sp³-hybridized carbons (Fsp3) is 0.333. The Kier molecular flexibility index (Phi) is 4.40. The molecule has 5 heteroatoms. The summed E-state index contributed by atoms with van der Waals surface area (Å²) in [5, 5.41) is 13.1. The first-order valence-corrected chi connectivity index (χ1v) is 6.73. The Morgan fingerprint density at radius 1 is 1.25 bits per heavy atom. The van der Waals surface area contributed by atoms with Crippen LogP contribution in [0.25, 0.3) is 0 Å². The van der Waals surface area contributed by atoms with Gasteiger partial charge in [-0.3, -0.25) is 9.89 Å². The molecular formula is C15H20N4O. The highest BCUT2D eigenvalue weighted by Gasteiger charge is 2.10. The van der Waals surface area contributed by atoms with Gasteiger partial charge in [0, 0.05) is 23.5 Å². The molecule has 0 fully saturated rings. The second-order valence-corrected chi connectivity index (χ2v) is 5.09. The maximum atomic E-state index is 12.0. The number of nitrogens with zero attached hydrogens (tertiary/aromatic N) is 1. The summed E-state index contributed by atoms with van der Waals surface area (Å²) in [6, 6.07) is 9.63. The minimum Gasteiger partial charge on any atom is -0.377 e. The summed E-state index contributed by atoms with van der Waals surface area (Å²) in [7, 11) is 0. The average Bonchev–Trinajstić information content (AvgIpc) is 2.92. The van der Waals surface area contributed by atoms with E-state index in [2.05, 4.69) is 20.8 Å². The zero-order valence-corrected chi connectivity index (χ0v) is 12.0. The molecule has 0 saturated carbocycles. The van der Waals surface area contributed by atoms with E-state index in [-0.39, 0.29) is 18.0 Å². The van der Waals surface area contributed by atoms with Crippen LogP contribution in [0.1, 0.15) is 42.9 Å². The Morgan fingerprint density at radius 2 is 2.05 bits per heavy atom. The lowest BCUT2D eigenvalue weighted by Crippen LogP contribution is -2.30. The summed E-state index contributed by atoms with van der Waals surface area (Å²) in [5.41, 5.74) is 2.56. The lowest BCUT2D eigenvalue weighted by Gasteiger charge is -2.15. The van der Waals surface area contributed by atoms with E-state index >= 15 is 0 Å². The number of carbonyl (C=O) groups is 1. The van der Waals surface area contributed by atoms with Crippen molar-refractivity contribution in [3.63, 3.8) is 0 Å². The van der Waals surface area contributed by atoms with E-state index in [1.807, 2.05) is 51.1 Å². The molecule has 0 aliphatic rings. The van der Waals surface area contributed by atoms with E-state index in [1.54, 1.807) is 6.20 Å². The van der Waals surface area contributed by atoms with E-state index in [4.69, 9.17) is 0 Å². The van der Waals surface area contributed by atoms with Gasteiger partial charge in [-0.1, -0.05) is 6.07 Å². The van der Waals surface area contributed by atoms with E-state index in [0.717, 1.165) is 11.4 Å². The third-order valence-electron chi connectivity index (χ3n) is 2.92. The Labute approximate surface area is 118 Å². The molecule has 0 aliphatic carbocycles. The number of rotatable bonds is 5. The number of hydrogen-bond acceptors (Lipinski definition) is 3. The molecule has 1 aromatic carbocycles. The lowest BCUT2D eigenvalue weighted by molar-refractivity contribution is 0.0943. The van der Waals surface area contributed by atoms with Crippen molar-refractivity contribution in [3.8, 4) is 0 Å². The number of anilines is 1.